The second-order valence-corrected chi connectivity index (χ2v) is 17.8. The number of aromatic nitrogens is 4. The van der Waals surface area contributed by atoms with Gasteiger partial charge in [0.2, 0.25) is 0 Å². The highest BCUT2D eigenvalue weighted by Gasteiger charge is 2.53. The first-order chi connectivity index (χ1) is 29.5. The molecule has 3 aromatic rings. The number of esters is 2. The fourth-order valence-electron chi connectivity index (χ4n) is 7.36. The molecule has 2 aromatic heterocycles. The van der Waals surface area contributed by atoms with Gasteiger partial charge in [0.05, 0.1) is 12.9 Å². The Morgan fingerprint density at radius 3 is 2.18 bits per heavy atom. The topological polar surface area (TPSA) is 179 Å². The second kappa shape index (κ2) is 25.8. The number of nitrogens with one attached hydrogen (secondary N) is 1. The van der Waals surface area contributed by atoms with Gasteiger partial charge in [0.25, 0.3) is 0 Å². The second-order valence-electron chi connectivity index (χ2n) is 16.1. The van der Waals surface area contributed by atoms with E-state index in [-0.39, 0.29) is 48.1 Å². The molecule has 0 bridgehead atoms. The van der Waals surface area contributed by atoms with Crippen molar-refractivity contribution < 1.29 is 41.8 Å². The number of fused-ring (bicyclic) bond motifs is 1. The molecule has 0 spiro atoms. The van der Waals surface area contributed by atoms with Crippen LogP contribution in [-0.4, -0.2) is 62.4 Å². The molecule has 61 heavy (non-hydrogen) atoms. The number of para-hydroxylation sites is 1. The average molecular weight is 871 g/mol. The van der Waals surface area contributed by atoms with E-state index < -0.39 is 56.3 Å². The van der Waals surface area contributed by atoms with Gasteiger partial charge in [0, 0.05) is 12.8 Å². The van der Waals surface area contributed by atoms with Gasteiger partial charge in [-0.2, -0.15) is 19.4 Å². The molecule has 4 rings (SSSR count). The summed E-state index contributed by atoms with van der Waals surface area (Å²) in [4.78, 5) is 38.1. The maximum Gasteiger partial charge on any atom is 0.459 e. The molecule has 5 atom stereocenters. The predicted molar refractivity (Wildman–Crippen MR) is 234 cm³/mol. The summed E-state index contributed by atoms with van der Waals surface area (Å²) in [6.45, 7) is 7.35. The third-order valence-electron chi connectivity index (χ3n) is 11.3. The minimum atomic E-state index is -4.43. The van der Waals surface area contributed by atoms with Gasteiger partial charge in [-0.1, -0.05) is 148 Å². The van der Waals surface area contributed by atoms with Crippen molar-refractivity contribution in [3.63, 3.8) is 0 Å². The number of carbonyl (C=O) groups excluding carboxylic acids is 2. The number of terminal acetylenes is 1. The highest BCUT2D eigenvalue weighted by Crippen LogP contribution is 2.48. The van der Waals surface area contributed by atoms with E-state index in [1.165, 1.54) is 88.4 Å². The molecule has 338 valence electrons. The number of benzene rings is 1. The fraction of sp³-hybridized carbons (Fsp3) is 0.667. The highest BCUT2D eigenvalue weighted by molar-refractivity contribution is 7.52. The Kier molecular flexibility index (Phi) is 20.9. The third kappa shape index (κ3) is 15.6. The average Bonchev–Trinajstić information content (AvgIpc) is 3.83. The minimum Gasteiger partial charge on any atom is -0.464 e. The van der Waals surface area contributed by atoms with E-state index in [0.29, 0.717) is 6.42 Å². The maximum absolute atomic E-state index is 14.5. The van der Waals surface area contributed by atoms with Gasteiger partial charge in [0.15, 0.2) is 22.6 Å². The van der Waals surface area contributed by atoms with Crippen molar-refractivity contribution in [3.05, 3.63) is 42.7 Å². The first-order valence-electron chi connectivity index (χ1n) is 22.4. The number of nitrogen functional groups attached to an aromatic ring is 1. The number of anilines is 1. The van der Waals surface area contributed by atoms with E-state index in [4.69, 9.17) is 35.4 Å². The number of unbranched alkanes of at least 4 members (excludes halogenated alkanes) is 14. The van der Waals surface area contributed by atoms with Gasteiger partial charge in [-0.15, -0.1) is 6.42 Å². The quantitative estimate of drug-likeness (QED) is 0.0213. The standard InChI is InChI=1S/C45H68FN6O8P/c1-6-10-11-12-13-14-15-16-17-18-19-20-21-22-26-29-39(53)58-37-30-38(52-33-48-40-41(47)49-44(46)50-42(40)52)59-45(37,9-4)32-57-61(55,60-36-27-24-23-25-28-36)51-34(5)43(54)56-31-35(7-2)8-3/h4,23-25,27-28,33-35,37-38H,6-8,10-22,26,29-32H2,1-3,5H3,(H,51,55)(H2,47,49,50)/t34?,37?,38?,45?,61-/m0/s1. The van der Waals surface area contributed by atoms with Crippen LogP contribution in [-0.2, 0) is 32.9 Å². The number of ether oxygens (including phenoxy) is 3. The van der Waals surface area contributed by atoms with Gasteiger partial charge in [0.1, 0.15) is 30.7 Å². The first-order valence-corrected chi connectivity index (χ1v) is 23.9. The molecule has 0 radical (unpaired) electrons. The van der Waals surface area contributed by atoms with Crippen molar-refractivity contribution in [2.75, 3.05) is 18.9 Å². The molecular formula is C45H68FN6O8P. The number of nitrogens with zero attached hydrogens (tertiary/aromatic N) is 4. The number of rotatable bonds is 30. The highest BCUT2D eigenvalue weighted by atomic mass is 31.2. The van der Waals surface area contributed by atoms with E-state index >= 15 is 0 Å². The van der Waals surface area contributed by atoms with Crippen LogP contribution in [0.2, 0.25) is 0 Å². The number of imidazole rings is 1. The zero-order chi connectivity index (χ0) is 44.1. The van der Waals surface area contributed by atoms with Crippen LogP contribution in [0, 0.1) is 24.3 Å². The van der Waals surface area contributed by atoms with E-state index in [2.05, 4.69) is 32.9 Å². The summed E-state index contributed by atoms with van der Waals surface area (Å²) < 4.78 is 60.2. The van der Waals surface area contributed by atoms with E-state index in [1.54, 1.807) is 30.3 Å². The molecule has 1 fully saturated rings. The molecule has 3 heterocycles. The number of halogens is 1. The number of hydrogen-bond acceptors (Lipinski definition) is 12. The fourth-order valence-corrected chi connectivity index (χ4v) is 8.88. The molecule has 1 aromatic carbocycles. The molecule has 1 aliphatic rings. The summed E-state index contributed by atoms with van der Waals surface area (Å²) in [5.41, 5.74) is 4.26. The van der Waals surface area contributed by atoms with Crippen LogP contribution in [0.5, 0.6) is 5.75 Å². The van der Waals surface area contributed by atoms with Gasteiger partial charge in [-0.05, 0) is 31.4 Å². The lowest BCUT2D eigenvalue weighted by Gasteiger charge is -2.31. The molecule has 4 unspecified atom stereocenters. The summed E-state index contributed by atoms with van der Waals surface area (Å²) >= 11 is 0. The normalized spacial score (nSPS) is 19.1. The Labute approximate surface area is 361 Å². The lowest BCUT2D eigenvalue weighted by atomic mass is 9.98. The van der Waals surface area contributed by atoms with Gasteiger partial charge >= 0.3 is 25.8 Å². The van der Waals surface area contributed by atoms with Crippen molar-refractivity contribution in [2.45, 2.75) is 174 Å². The molecule has 1 saturated heterocycles. The third-order valence-corrected chi connectivity index (χ3v) is 12.9. The van der Waals surface area contributed by atoms with Crippen LogP contribution >= 0.6 is 7.75 Å². The summed E-state index contributed by atoms with van der Waals surface area (Å²) in [6.07, 6.45) is 24.1. The Balaban J connectivity index is 1.41. The van der Waals surface area contributed by atoms with E-state index in [1.807, 2.05) is 13.8 Å². The van der Waals surface area contributed by atoms with Crippen LogP contribution in [0.4, 0.5) is 10.2 Å². The van der Waals surface area contributed by atoms with Crippen molar-refractivity contribution in [3.8, 4) is 18.1 Å². The first kappa shape index (κ1) is 49.6. The molecule has 16 heteroatoms. The Morgan fingerprint density at radius 1 is 0.984 bits per heavy atom. The van der Waals surface area contributed by atoms with Gasteiger partial charge in [-0.3, -0.25) is 18.7 Å². The number of carbonyl (C=O) groups is 2. The lowest BCUT2D eigenvalue weighted by molar-refractivity contribution is -0.158. The Bertz CT molecular complexity index is 1870. The van der Waals surface area contributed by atoms with Crippen LogP contribution in [0.1, 0.15) is 156 Å². The largest absolute Gasteiger partial charge is 0.464 e. The van der Waals surface area contributed by atoms with E-state index in [0.717, 1.165) is 32.1 Å². The predicted octanol–water partition coefficient (Wildman–Crippen LogP) is 10.2. The summed E-state index contributed by atoms with van der Waals surface area (Å²) in [7, 11) is -4.43. The van der Waals surface area contributed by atoms with Crippen molar-refractivity contribution in [2.24, 2.45) is 5.92 Å². The van der Waals surface area contributed by atoms with Crippen LogP contribution in [0.15, 0.2) is 36.7 Å². The monoisotopic (exact) mass is 870 g/mol. The summed E-state index contributed by atoms with van der Waals surface area (Å²) in [5, 5.41) is 2.69. The molecule has 0 amide bonds. The Morgan fingerprint density at radius 2 is 1.59 bits per heavy atom. The summed E-state index contributed by atoms with van der Waals surface area (Å²) in [6, 6.07) is 7.15. The molecule has 14 nitrogen and oxygen atoms in total. The SMILES string of the molecule is C#CC1(CO[P@@](=O)(NC(C)C(=O)OCC(CC)CC)Oc2ccccc2)OC(n2cnc3c(N)nc(F)nc32)CC1OC(=O)CCCCCCCCCCCCCCCCC. The van der Waals surface area contributed by atoms with Crippen LogP contribution < -0.4 is 15.3 Å². The molecular weight excluding hydrogens is 803 g/mol. The number of nitrogens with two attached hydrogens (primary N) is 1. The van der Waals surface area contributed by atoms with Crippen molar-refractivity contribution >= 4 is 36.7 Å². The lowest BCUT2D eigenvalue weighted by Crippen LogP contribution is -2.45. The smallest absolute Gasteiger partial charge is 0.459 e. The zero-order valence-electron chi connectivity index (χ0n) is 36.7. The molecule has 3 N–H and O–H groups in total. The zero-order valence-corrected chi connectivity index (χ0v) is 37.6. The van der Waals surface area contributed by atoms with Crippen LogP contribution in [0.25, 0.3) is 11.2 Å². The van der Waals surface area contributed by atoms with Gasteiger partial charge < -0.3 is 24.5 Å². The summed E-state index contributed by atoms with van der Waals surface area (Å²) in [5.74, 6) is 1.64. The minimum absolute atomic E-state index is 0.0226. The van der Waals surface area contributed by atoms with Crippen molar-refractivity contribution in [1.82, 2.24) is 24.6 Å². The number of hydrogen-bond donors (Lipinski definition) is 2. The van der Waals surface area contributed by atoms with E-state index in [9.17, 15) is 18.5 Å². The maximum atomic E-state index is 14.5. The molecule has 1 aliphatic heterocycles. The molecule has 0 saturated carbocycles. The van der Waals surface area contributed by atoms with Crippen LogP contribution in [0.3, 0.4) is 0 Å². The Hall–Kier alpha value is -4.09. The molecule has 0 aliphatic carbocycles. The van der Waals surface area contributed by atoms with Gasteiger partial charge in [-0.25, -0.2) is 9.55 Å². The van der Waals surface area contributed by atoms with Crippen molar-refractivity contribution in [1.29, 1.82) is 0 Å².